The molecule has 1 rings (SSSR count). The van der Waals surface area contributed by atoms with Gasteiger partial charge in [0.1, 0.15) is 6.04 Å². The molecule has 1 unspecified atom stereocenters. The molecule has 22 heavy (non-hydrogen) atoms. The highest BCUT2D eigenvalue weighted by atomic mass is 35.5. The molecule has 1 atom stereocenters. The van der Waals surface area contributed by atoms with Gasteiger partial charge in [-0.05, 0) is 24.6 Å². The number of hydrogen-bond donors (Lipinski definition) is 2. The van der Waals surface area contributed by atoms with E-state index in [-0.39, 0.29) is 31.3 Å². The van der Waals surface area contributed by atoms with Crippen molar-refractivity contribution < 1.29 is 19.5 Å². The number of benzene rings is 1. The molecule has 0 aliphatic heterocycles. The number of amides is 2. The Labute approximate surface area is 134 Å². The van der Waals surface area contributed by atoms with Gasteiger partial charge < -0.3 is 15.3 Å². The van der Waals surface area contributed by atoms with E-state index in [4.69, 9.17) is 16.7 Å². The van der Waals surface area contributed by atoms with Gasteiger partial charge in [0.05, 0.1) is 6.42 Å². The summed E-state index contributed by atoms with van der Waals surface area (Å²) in [5.41, 5.74) is 0.747. The van der Waals surface area contributed by atoms with Crippen molar-refractivity contribution >= 4 is 29.4 Å². The van der Waals surface area contributed by atoms with Crippen LogP contribution in [0.2, 0.25) is 5.02 Å². The van der Waals surface area contributed by atoms with E-state index in [0.717, 1.165) is 5.56 Å². The topological polar surface area (TPSA) is 86.7 Å². The van der Waals surface area contributed by atoms with Gasteiger partial charge in [0, 0.05) is 25.0 Å². The molecule has 1 aromatic carbocycles. The number of halogens is 1. The Hall–Kier alpha value is -2.08. The van der Waals surface area contributed by atoms with Crippen LogP contribution in [-0.4, -0.2) is 46.9 Å². The summed E-state index contributed by atoms with van der Waals surface area (Å²) in [5, 5.41) is 12.2. The second-order valence-corrected chi connectivity index (χ2v) is 5.32. The molecule has 0 spiro atoms. The minimum Gasteiger partial charge on any atom is -0.480 e. The third-order valence-corrected chi connectivity index (χ3v) is 3.39. The Balaban J connectivity index is 2.75. The number of nitrogens with zero attached hydrogens (tertiary/aromatic N) is 1. The molecule has 0 bridgehead atoms. The van der Waals surface area contributed by atoms with Crippen molar-refractivity contribution in [2.24, 2.45) is 0 Å². The predicted molar refractivity (Wildman–Crippen MR) is 82.7 cm³/mol. The molecule has 7 heteroatoms. The molecule has 6 nitrogen and oxygen atoms in total. The van der Waals surface area contributed by atoms with E-state index in [9.17, 15) is 14.4 Å². The first-order valence-corrected chi connectivity index (χ1v) is 7.20. The monoisotopic (exact) mass is 326 g/mol. The normalized spacial score (nSPS) is 11.6. The Bertz CT molecular complexity index is 545. The number of carbonyl (C=O) groups is 3. The smallest absolute Gasteiger partial charge is 0.326 e. The molecule has 2 N–H and O–H groups in total. The fourth-order valence-electron chi connectivity index (χ4n) is 1.90. The van der Waals surface area contributed by atoms with E-state index in [1.54, 1.807) is 24.3 Å². The van der Waals surface area contributed by atoms with Gasteiger partial charge in [-0.15, -0.1) is 0 Å². The molecular weight excluding hydrogens is 308 g/mol. The van der Waals surface area contributed by atoms with Gasteiger partial charge >= 0.3 is 5.97 Å². The SMILES string of the molecule is CC(=O)NCCN(C(=O)Cc1ccc(Cl)cc1)C(C)C(=O)O. The molecule has 0 aromatic heterocycles. The molecule has 0 aliphatic rings. The Morgan fingerprint density at radius 3 is 2.36 bits per heavy atom. The lowest BCUT2D eigenvalue weighted by molar-refractivity contribution is -0.149. The highest BCUT2D eigenvalue weighted by Gasteiger charge is 2.25. The minimum absolute atomic E-state index is 0.0782. The first-order chi connectivity index (χ1) is 10.3. The van der Waals surface area contributed by atoms with Gasteiger partial charge in [-0.1, -0.05) is 23.7 Å². The molecule has 2 amide bonds. The summed E-state index contributed by atoms with van der Waals surface area (Å²) in [6.07, 6.45) is 0.0782. The first-order valence-electron chi connectivity index (χ1n) is 6.82. The Morgan fingerprint density at radius 2 is 1.86 bits per heavy atom. The zero-order chi connectivity index (χ0) is 16.7. The second kappa shape index (κ2) is 8.38. The van der Waals surface area contributed by atoms with E-state index in [1.165, 1.54) is 18.7 Å². The van der Waals surface area contributed by atoms with E-state index < -0.39 is 12.0 Å². The quantitative estimate of drug-likeness (QED) is 0.791. The second-order valence-electron chi connectivity index (χ2n) is 4.89. The third-order valence-electron chi connectivity index (χ3n) is 3.14. The van der Waals surface area contributed by atoms with Gasteiger partial charge in [-0.3, -0.25) is 9.59 Å². The molecule has 120 valence electrons. The average molecular weight is 327 g/mol. The Morgan fingerprint density at radius 1 is 1.27 bits per heavy atom. The van der Waals surface area contributed by atoms with Crippen LogP contribution in [0.4, 0.5) is 0 Å². The molecular formula is C15H19ClN2O4. The first kappa shape index (κ1) is 18.0. The van der Waals surface area contributed by atoms with Crippen LogP contribution in [-0.2, 0) is 20.8 Å². The van der Waals surface area contributed by atoms with Crippen molar-refractivity contribution in [1.82, 2.24) is 10.2 Å². The van der Waals surface area contributed by atoms with Crippen molar-refractivity contribution in [3.8, 4) is 0 Å². The van der Waals surface area contributed by atoms with Gasteiger partial charge in [-0.2, -0.15) is 0 Å². The predicted octanol–water partition coefficient (Wildman–Crippen LogP) is 1.32. The molecule has 0 aliphatic carbocycles. The van der Waals surface area contributed by atoms with E-state index in [2.05, 4.69) is 5.32 Å². The highest BCUT2D eigenvalue weighted by molar-refractivity contribution is 6.30. The van der Waals surface area contributed by atoms with Crippen LogP contribution in [0.5, 0.6) is 0 Å². The summed E-state index contributed by atoms with van der Waals surface area (Å²) in [6.45, 7) is 3.15. The van der Waals surface area contributed by atoms with Crippen molar-refractivity contribution in [1.29, 1.82) is 0 Å². The highest BCUT2D eigenvalue weighted by Crippen LogP contribution is 2.12. The van der Waals surface area contributed by atoms with Crippen LogP contribution in [0.1, 0.15) is 19.4 Å². The number of aliphatic carboxylic acids is 1. The van der Waals surface area contributed by atoms with Crippen molar-refractivity contribution in [3.05, 3.63) is 34.9 Å². The van der Waals surface area contributed by atoms with Crippen molar-refractivity contribution in [2.45, 2.75) is 26.3 Å². The summed E-state index contributed by atoms with van der Waals surface area (Å²) in [5.74, 6) is -1.64. The number of carbonyl (C=O) groups excluding carboxylic acids is 2. The number of hydrogen-bond acceptors (Lipinski definition) is 3. The van der Waals surface area contributed by atoms with Crippen LogP contribution in [0.3, 0.4) is 0 Å². The number of nitrogens with one attached hydrogen (secondary N) is 1. The zero-order valence-electron chi connectivity index (χ0n) is 12.5. The van der Waals surface area contributed by atoms with E-state index in [0.29, 0.717) is 5.02 Å². The maximum Gasteiger partial charge on any atom is 0.326 e. The average Bonchev–Trinajstić information content (AvgIpc) is 2.45. The maximum absolute atomic E-state index is 12.3. The molecule has 0 saturated heterocycles. The maximum atomic E-state index is 12.3. The third kappa shape index (κ3) is 5.73. The van der Waals surface area contributed by atoms with Crippen LogP contribution in [0, 0.1) is 0 Å². The van der Waals surface area contributed by atoms with Crippen LogP contribution in [0.25, 0.3) is 0 Å². The fourth-order valence-corrected chi connectivity index (χ4v) is 2.02. The number of rotatable bonds is 7. The zero-order valence-corrected chi connectivity index (χ0v) is 13.3. The van der Waals surface area contributed by atoms with Crippen molar-refractivity contribution in [2.75, 3.05) is 13.1 Å². The number of carboxylic acids is 1. The minimum atomic E-state index is -1.09. The van der Waals surface area contributed by atoms with Gasteiger partial charge in [0.25, 0.3) is 0 Å². The Kier molecular flexibility index (Phi) is 6.85. The number of carboxylic acid groups (broad SMARTS) is 1. The van der Waals surface area contributed by atoms with E-state index >= 15 is 0 Å². The lowest BCUT2D eigenvalue weighted by Crippen LogP contribution is -2.47. The van der Waals surface area contributed by atoms with Gasteiger partial charge in [0.2, 0.25) is 11.8 Å². The lowest BCUT2D eigenvalue weighted by atomic mass is 10.1. The fraction of sp³-hybridized carbons (Fsp3) is 0.400. The van der Waals surface area contributed by atoms with Crippen molar-refractivity contribution in [3.63, 3.8) is 0 Å². The summed E-state index contributed by atoms with van der Waals surface area (Å²) in [7, 11) is 0. The van der Waals surface area contributed by atoms with Crippen LogP contribution >= 0.6 is 11.6 Å². The summed E-state index contributed by atoms with van der Waals surface area (Å²) < 4.78 is 0. The van der Waals surface area contributed by atoms with Crippen LogP contribution < -0.4 is 5.32 Å². The van der Waals surface area contributed by atoms with Gasteiger partial charge in [-0.25, -0.2) is 4.79 Å². The molecule has 0 heterocycles. The summed E-state index contributed by atoms with van der Waals surface area (Å²) in [4.78, 5) is 35.6. The van der Waals surface area contributed by atoms with Gasteiger partial charge in [0.15, 0.2) is 0 Å². The lowest BCUT2D eigenvalue weighted by Gasteiger charge is -2.26. The van der Waals surface area contributed by atoms with Crippen LogP contribution in [0.15, 0.2) is 24.3 Å². The summed E-state index contributed by atoms with van der Waals surface area (Å²) in [6, 6.07) is 5.82. The molecule has 1 aromatic rings. The summed E-state index contributed by atoms with van der Waals surface area (Å²) >= 11 is 5.79. The largest absolute Gasteiger partial charge is 0.480 e. The molecule has 0 saturated carbocycles. The molecule has 0 fully saturated rings. The van der Waals surface area contributed by atoms with E-state index in [1.807, 2.05) is 0 Å². The standard InChI is InChI=1S/C15H19ClN2O4/c1-10(15(21)22)18(8-7-17-11(2)19)14(20)9-12-3-5-13(16)6-4-12/h3-6,10H,7-9H2,1-2H3,(H,17,19)(H,21,22). The molecule has 0 radical (unpaired) electrons.